The zero-order valence-electron chi connectivity index (χ0n) is 11.4. The van der Waals surface area contributed by atoms with Crippen LogP contribution < -0.4 is 5.32 Å². The molecule has 0 bridgehead atoms. The van der Waals surface area contributed by atoms with E-state index in [-0.39, 0.29) is 5.91 Å². The SMILES string of the molecule is COCc1cccc(NC(=O)c2cc(C)cc(Br)c2)c1. The molecule has 0 aromatic heterocycles. The quantitative estimate of drug-likeness (QED) is 0.912. The van der Waals surface area contributed by atoms with E-state index in [4.69, 9.17) is 4.74 Å². The Kier molecular flexibility index (Phi) is 4.93. The monoisotopic (exact) mass is 333 g/mol. The summed E-state index contributed by atoms with van der Waals surface area (Å²) in [6, 6.07) is 13.3. The number of rotatable bonds is 4. The van der Waals surface area contributed by atoms with Gasteiger partial charge in [-0.15, -0.1) is 0 Å². The van der Waals surface area contributed by atoms with Crippen LogP contribution >= 0.6 is 15.9 Å². The van der Waals surface area contributed by atoms with E-state index in [9.17, 15) is 4.79 Å². The lowest BCUT2D eigenvalue weighted by Crippen LogP contribution is -2.12. The van der Waals surface area contributed by atoms with Crippen molar-refractivity contribution in [2.24, 2.45) is 0 Å². The molecular weight excluding hydrogens is 318 g/mol. The summed E-state index contributed by atoms with van der Waals surface area (Å²) in [5, 5.41) is 2.90. The first kappa shape index (κ1) is 14.8. The summed E-state index contributed by atoms with van der Waals surface area (Å²) >= 11 is 3.40. The van der Waals surface area contributed by atoms with Gasteiger partial charge in [0, 0.05) is 22.8 Å². The fourth-order valence-electron chi connectivity index (χ4n) is 1.98. The second-order valence-corrected chi connectivity index (χ2v) is 5.52. The van der Waals surface area contributed by atoms with Crippen LogP contribution in [0.3, 0.4) is 0 Å². The van der Waals surface area contributed by atoms with Crippen molar-refractivity contribution < 1.29 is 9.53 Å². The van der Waals surface area contributed by atoms with Crippen LogP contribution in [0.15, 0.2) is 46.9 Å². The largest absolute Gasteiger partial charge is 0.380 e. The van der Waals surface area contributed by atoms with Crippen molar-refractivity contribution in [1.82, 2.24) is 0 Å². The first-order valence-electron chi connectivity index (χ1n) is 6.25. The summed E-state index contributed by atoms with van der Waals surface area (Å²) in [5.41, 5.74) is 3.46. The van der Waals surface area contributed by atoms with Crippen molar-refractivity contribution in [2.45, 2.75) is 13.5 Å². The van der Waals surface area contributed by atoms with Gasteiger partial charge in [-0.25, -0.2) is 0 Å². The fraction of sp³-hybridized carbons (Fsp3) is 0.188. The van der Waals surface area contributed by atoms with Crippen molar-refractivity contribution >= 4 is 27.5 Å². The molecule has 2 rings (SSSR count). The number of nitrogens with one attached hydrogen (secondary N) is 1. The number of methoxy groups -OCH3 is 1. The Bertz CT molecular complexity index is 605. The molecule has 0 unspecified atom stereocenters. The van der Waals surface area contributed by atoms with E-state index >= 15 is 0 Å². The van der Waals surface area contributed by atoms with Crippen LogP contribution in [0.1, 0.15) is 21.5 Å². The average Bonchev–Trinajstić information content (AvgIpc) is 2.38. The molecule has 0 atom stereocenters. The van der Waals surface area contributed by atoms with E-state index in [1.807, 2.05) is 43.3 Å². The Morgan fingerprint density at radius 2 is 2.05 bits per heavy atom. The maximum atomic E-state index is 12.2. The van der Waals surface area contributed by atoms with Gasteiger partial charge in [0.25, 0.3) is 5.91 Å². The smallest absolute Gasteiger partial charge is 0.255 e. The molecule has 0 fully saturated rings. The van der Waals surface area contributed by atoms with Crippen molar-refractivity contribution in [1.29, 1.82) is 0 Å². The Hall–Kier alpha value is -1.65. The zero-order chi connectivity index (χ0) is 14.5. The van der Waals surface area contributed by atoms with Crippen LogP contribution in [0, 0.1) is 6.92 Å². The van der Waals surface area contributed by atoms with E-state index in [0.717, 1.165) is 21.3 Å². The van der Waals surface area contributed by atoms with Crippen LogP contribution in [0.25, 0.3) is 0 Å². The van der Waals surface area contributed by atoms with E-state index in [1.165, 1.54) is 0 Å². The normalized spacial score (nSPS) is 10.3. The van der Waals surface area contributed by atoms with Gasteiger partial charge < -0.3 is 10.1 Å². The number of hydrogen-bond acceptors (Lipinski definition) is 2. The number of aryl methyl sites for hydroxylation is 1. The van der Waals surface area contributed by atoms with Crippen molar-refractivity contribution in [3.05, 3.63) is 63.6 Å². The first-order chi connectivity index (χ1) is 9.58. The number of carbonyl (C=O) groups excluding carboxylic acids is 1. The maximum absolute atomic E-state index is 12.2. The van der Waals surface area contributed by atoms with Gasteiger partial charge in [0.2, 0.25) is 0 Å². The standard InChI is InChI=1S/C16H16BrNO2/c1-11-6-13(9-14(17)7-11)16(19)18-15-5-3-4-12(8-15)10-20-2/h3-9H,10H2,1-2H3,(H,18,19). The lowest BCUT2D eigenvalue weighted by Gasteiger charge is -2.08. The molecule has 2 aromatic rings. The number of halogens is 1. The highest BCUT2D eigenvalue weighted by Gasteiger charge is 2.08. The summed E-state index contributed by atoms with van der Waals surface area (Å²) in [5.74, 6) is -0.121. The van der Waals surface area contributed by atoms with Crippen LogP contribution in [-0.4, -0.2) is 13.0 Å². The Morgan fingerprint density at radius 1 is 1.25 bits per heavy atom. The number of anilines is 1. The van der Waals surface area contributed by atoms with Crippen LogP contribution in [0.5, 0.6) is 0 Å². The average molecular weight is 334 g/mol. The molecule has 0 heterocycles. The van der Waals surface area contributed by atoms with Gasteiger partial charge in [-0.1, -0.05) is 28.1 Å². The van der Waals surface area contributed by atoms with E-state index in [1.54, 1.807) is 13.2 Å². The van der Waals surface area contributed by atoms with Gasteiger partial charge in [0.15, 0.2) is 0 Å². The van der Waals surface area contributed by atoms with E-state index in [0.29, 0.717) is 12.2 Å². The highest BCUT2D eigenvalue weighted by Crippen LogP contribution is 2.17. The number of ether oxygens (including phenoxy) is 1. The minimum Gasteiger partial charge on any atom is -0.380 e. The summed E-state index contributed by atoms with van der Waals surface area (Å²) < 4.78 is 5.98. The molecular formula is C16H16BrNO2. The van der Waals surface area contributed by atoms with E-state index in [2.05, 4.69) is 21.2 Å². The van der Waals surface area contributed by atoms with Crippen LogP contribution in [0.2, 0.25) is 0 Å². The number of carbonyl (C=O) groups is 1. The predicted molar refractivity (Wildman–Crippen MR) is 84.0 cm³/mol. The molecule has 20 heavy (non-hydrogen) atoms. The van der Waals surface area contributed by atoms with Gasteiger partial charge in [0.1, 0.15) is 0 Å². The van der Waals surface area contributed by atoms with Crippen molar-refractivity contribution in [3.63, 3.8) is 0 Å². The van der Waals surface area contributed by atoms with Gasteiger partial charge in [0.05, 0.1) is 6.61 Å². The summed E-state index contributed by atoms with van der Waals surface area (Å²) in [6.07, 6.45) is 0. The molecule has 2 aromatic carbocycles. The molecule has 0 aliphatic carbocycles. The number of hydrogen-bond donors (Lipinski definition) is 1. The molecule has 0 saturated heterocycles. The molecule has 1 amide bonds. The summed E-state index contributed by atoms with van der Waals surface area (Å²) in [6.45, 7) is 2.49. The Morgan fingerprint density at radius 3 is 2.75 bits per heavy atom. The third kappa shape index (κ3) is 3.92. The van der Waals surface area contributed by atoms with Crippen molar-refractivity contribution in [2.75, 3.05) is 12.4 Å². The van der Waals surface area contributed by atoms with Crippen LogP contribution in [-0.2, 0) is 11.3 Å². The molecule has 104 valence electrons. The van der Waals surface area contributed by atoms with Gasteiger partial charge >= 0.3 is 0 Å². The zero-order valence-corrected chi connectivity index (χ0v) is 13.0. The fourth-order valence-corrected chi connectivity index (χ4v) is 2.58. The Balaban J connectivity index is 2.16. The molecule has 1 N–H and O–H groups in total. The summed E-state index contributed by atoms with van der Waals surface area (Å²) in [4.78, 5) is 12.2. The highest BCUT2D eigenvalue weighted by atomic mass is 79.9. The highest BCUT2D eigenvalue weighted by molar-refractivity contribution is 9.10. The topological polar surface area (TPSA) is 38.3 Å². The molecule has 3 nitrogen and oxygen atoms in total. The van der Waals surface area contributed by atoms with Gasteiger partial charge in [-0.2, -0.15) is 0 Å². The predicted octanol–water partition coefficient (Wildman–Crippen LogP) is 4.16. The molecule has 0 saturated carbocycles. The number of amides is 1. The third-order valence-corrected chi connectivity index (χ3v) is 3.26. The second-order valence-electron chi connectivity index (χ2n) is 4.60. The lowest BCUT2D eigenvalue weighted by molar-refractivity contribution is 0.102. The van der Waals surface area contributed by atoms with Crippen LogP contribution in [0.4, 0.5) is 5.69 Å². The molecule has 0 aliphatic rings. The second kappa shape index (κ2) is 6.68. The molecule has 0 spiro atoms. The lowest BCUT2D eigenvalue weighted by atomic mass is 10.1. The van der Waals surface area contributed by atoms with Gasteiger partial charge in [-0.3, -0.25) is 4.79 Å². The first-order valence-corrected chi connectivity index (χ1v) is 7.04. The third-order valence-electron chi connectivity index (χ3n) is 2.80. The minimum atomic E-state index is -0.121. The maximum Gasteiger partial charge on any atom is 0.255 e. The molecule has 4 heteroatoms. The Labute approximate surface area is 127 Å². The van der Waals surface area contributed by atoms with Crippen molar-refractivity contribution in [3.8, 4) is 0 Å². The van der Waals surface area contributed by atoms with Gasteiger partial charge in [-0.05, 0) is 48.4 Å². The minimum absolute atomic E-state index is 0.121. The molecule has 0 radical (unpaired) electrons. The molecule has 0 aliphatic heterocycles. The summed E-state index contributed by atoms with van der Waals surface area (Å²) in [7, 11) is 1.65. The number of benzene rings is 2. The van der Waals surface area contributed by atoms with E-state index < -0.39 is 0 Å².